The summed E-state index contributed by atoms with van der Waals surface area (Å²) in [5, 5.41) is 23.9. The Hall–Kier alpha value is -1.92. The molecule has 0 aromatic carbocycles. The van der Waals surface area contributed by atoms with E-state index in [4.69, 9.17) is 4.74 Å². The number of hydrogen-bond donors (Lipinski definition) is 3. The number of hydrogen-bond acceptors (Lipinski definition) is 5. The SMILES string of the molecule is CCCCC/C=C\C/C=C\C/C=C\CCCCCCC(=O)OC(CCCCCCCCCCCCCCCC)CC(=O)NC(CO)C(O)CCCCCCCCCCCCCCCCCC. The van der Waals surface area contributed by atoms with Crippen LogP contribution >= 0.6 is 0 Å². The lowest BCUT2D eigenvalue weighted by molar-refractivity contribution is -0.151. The highest BCUT2D eigenvalue weighted by Crippen LogP contribution is 2.19. The predicted octanol–water partition coefficient (Wildman–Crippen LogP) is 18.0. The number of carbonyl (C=O) groups excluding carboxylic acids is 2. The zero-order valence-electron chi connectivity index (χ0n) is 44.3. The first-order valence-corrected chi connectivity index (χ1v) is 29.2. The number of esters is 1. The number of ether oxygens (including phenoxy) is 1. The van der Waals surface area contributed by atoms with Crippen LogP contribution in [0.3, 0.4) is 0 Å². The molecule has 3 unspecified atom stereocenters. The van der Waals surface area contributed by atoms with E-state index in [9.17, 15) is 19.8 Å². The summed E-state index contributed by atoms with van der Waals surface area (Å²) < 4.78 is 5.96. The van der Waals surface area contributed by atoms with Gasteiger partial charge in [-0.05, 0) is 64.2 Å². The molecule has 1 amide bonds. The monoisotopic (exact) mass is 928 g/mol. The maximum atomic E-state index is 13.3. The number of aliphatic hydroxyl groups excluding tert-OH is 2. The Bertz CT molecular complexity index is 1090. The molecule has 0 heterocycles. The van der Waals surface area contributed by atoms with Gasteiger partial charge in [0.15, 0.2) is 0 Å². The van der Waals surface area contributed by atoms with Crippen LogP contribution in [0.4, 0.5) is 0 Å². The predicted molar refractivity (Wildman–Crippen MR) is 287 cm³/mol. The van der Waals surface area contributed by atoms with Gasteiger partial charge in [0.1, 0.15) is 6.10 Å². The quantitative estimate of drug-likeness (QED) is 0.0321. The van der Waals surface area contributed by atoms with Crippen molar-refractivity contribution in [1.82, 2.24) is 5.32 Å². The smallest absolute Gasteiger partial charge is 0.306 e. The molecule has 0 aliphatic rings. The van der Waals surface area contributed by atoms with Gasteiger partial charge in [-0.1, -0.05) is 269 Å². The molecule has 0 spiro atoms. The van der Waals surface area contributed by atoms with Crippen LogP contribution in [0.2, 0.25) is 0 Å². The second-order valence-corrected chi connectivity index (χ2v) is 20.1. The lowest BCUT2D eigenvalue weighted by Crippen LogP contribution is -2.46. The zero-order chi connectivity index (χ0) is 48.1. The highest BCUT2D eigenvalue weighted by Gasteiger charge is 2.24. The summed E-state index contributed by atoms with van der Waals surface area (Å²) in [4.78, 5) is 26.3. The topological polar surface area (TPSA) is 95.9 Å². The summed E-state index contributed by atoms with van der Waals surface area (Å²) >= 11 is 0. The maximum Gasteiger partial charge on any atom is 0.306 e. The molecular formula is C60H113NO5. The molecule has 0 radical (unpaired) electrons. The van der Waals surface area contributed by atoms with E-state index in [2.05, 4.69) is 62.5 Å². The summed E-state index contributed by atoms with van der Waals surface area (Å²) in [6, 6.07) is -0.704. The van der Waals surface area contributed by atoms with Crippen molar-refractivity contribution in [2.75, 3.05) is 6.61 Å². The highest BCUT2D eigenvalue weighted by atomic mass is 16.5. The van der Waals surface area contributed by atoms with Gasteiger partial charge in [-0.15, -0.1) is 0 Å². The van der Waals surface area contributed by atoms with Crippen molar-refractivity contribution < 1.29 is 24.5 Å². The average molecular weight is 929 g/mol. The summed E-state index contributed by atoms with van der Waals surface area (Å²) in [6.07, 6.45) is 64.9. The van der Waals surface area contributed by atoms with Crippen molar-refractivity contribution in [3.63, 3.8) is 0 Å². The fraction of sp³-hybridized carbons (Fsp3) is 0.867. The highest BCUT2D eigenvalue weighted by molar-refractivity contribution is 5.77. The molecule has 0 aromatic heterocycles. The summed E-state index contributed by atoms with van der Waals surface area (Å²) in [5.41, 5.74) is 0. The molecule has 0 aliphatic carbocycles. The molecule has 66 heavy (non-hydrogen) atoms. The second-order valence-electron chi connectivity index (χ2n) is 20.1. The van der Waals surface area contributed by atoms with Gasteiger partial charge < -0.3 is 20.3 Å². The van der Waals surface area contributed by atoms with Gasteiger partial charge in [-0.3, -0.25) is 9.59 Å². The van der Waals surface area contributed by atoms with Crippen LogP contribution in [-0.4, -0.2) is 46.9 Å². The zero-order valence-corrected chi connectivity index (χ0v) is 44.3. The van der Waals surface area contributed by atoms with E-state index in [0.29, 0.717) is 19.3 Å². The number of amides is 1. The molecule has 6 nitrogen and oxygen atoms in total. The Kier molecular flexibility index (Phi) is 52.5. The summed E-state index contributed by atoms with van der Waals surface area (Å²) in [7, 11) is 0. The molecule has 0 bridgehead atoms. The number of rotatable bonds is 53. The van der Waals surface area contributed by atoms with Gasteiger partial charge >= 0.3 is 5.97 Å². The third kappa shape index (κ3) is 48.5. The van der Waals surface area contributed by atoms with Crippen LogP contribution < -0.4 is 5.32 Å². The lowest BCUT2D eigenvalue weighted by Gasteiger charge is -2.24. The van der Waals surface area contributed by atoms with E-state index in [1.54, 1.807) is 0 Å². The molecule has 0 rings (SSSR count). The van der Waals surface area contributed by atoms with E-state index in [-0.39, 0.29) is 24.9 Å². The molecule has 0 saturated carbocycles. The van der Waals surface area contributed by atoms with Gasteiger partial charge in [0.25, 0.3) is 0 Å². The molecule has 3 N–H and O–H groups in total. The molecular weight excluding hydrogens is 815 g/mol. The molecule has 0 aliphatic heterocycles. The summed E-state index contributed by atoms with van der Waals surface area (Å²) in [5.74, 6) is -0.482. The first kappa shape index (κ1) is 64.1. The van der Waals surface area contributed by atoms with Crippen LogP contribution in [0.25, 0.3) is 0 Å². The van der Waals surface area contributed by atoms with E-state index in [1.807, 2.05) is 0 Å². The normalized spacial score (nSPS) is 13.3. The largest absolute Gasteiger partial charge is 0.462 e. The Morgan fingerprint density at radius 1 is 0.439 bits per heavy atom. The Balaban J connectivity index is 4.54. The molecule has 6 heteroatoms. The standard InChI is InChI=1S/C60H113NO5/c1-4-7-10-13-16-19-22-25-28-30-32-35-38-41-44-47-50-53-60(65)66-56(51-48-45-42-39-36-33-27-24-21-18-15-12-9-6-3)54-59(64)61-57(55-62)58(63)52-49-46-43-40-37-34-31-29-26-23-20-17-14-11-8-5-2/h16,19,25,28,32,35,56-58,62-63H,4-15,17-18,20-24,26-27,29-31,33-34,36-55H2,1-3H3,(H,61,64)/b19-16-,28-25-,35-32-. The van der Waals surface area contributed by atoms with Gasteiger partial charge in [-0.2, -0.15) is 0 Å². The fourth-order valence-corrected chi connectivity index (χ4v) is 9.03. The average Bonchev–Trinajstić information content (AvgIpc) is 3.31. The Morgan fingerprint density at radius 2 is 0.773 bits per heavy atom. The minimum absolute atomic E-state index is 0.0731. The van der Waals surface area contributed by atoms with Gasteiger partial charge in [0, 0.05) is 6.42 Å². The van der Waals surface area contributed by atoms with E-state index in [0.717, 1.165) is 70.6 Å². The molecule has 3 atom stereocenters. The number of allylic oxidation sites excluding steroid dienone is 6. The minimum atomic E-state index is -0.790. The lowest BCUT2D eigenvalue weighted by atomic mass is 10.0. The minimum Gasteiger partial charge on any atom is -0.462 e. The first-order valence-electron chi connectivity index (χ1n) is 29.2. The number of aliphatic hydroxyl groups is 2. The molecule has 0 fully saturated rings. The third-order valence-corrected chi connectivity index (χ3v) is 13.5. The van der Waals surface area contributed by atoms with Gasteiger partial charge in [0.05, 0.1) is 25.2 Å². The van der Waals surface area contributed by atoms with E-state index < -0.39 is 18.2 Å². The third-order valence-electron chi connectivity index (χ3n) is 13.5. The maximum absolute atomic E-state index is 13.3. The molecule has 0 aromatic rings. The first-order chi connectivity index (χ1) is 32.5. The van der Waals surface area contributed by atoms with E-state index in [1.165, 1.54) is 193 Å². The Labute approximate surface area is 411 Å². The van der Waals surface area contributed by atoms with Crippen LogP contribution in [0, 0.1) is 0 Å². The van der Waals surface area contributed by atoms with Crippen LogP contribution in [-0.2, 0) is 14.3 Å². The number of carbonyl (C=O) groups is 2. The van der Waals surface area contributed by atoms with Gasteiger partial charge in [-0.25, -0.2) is 0 Å². The van der Waals surface area contributed by atoms with Crippen molar-refractivity contribution in [3.8, 4) is 0 Å². The molecule has 0 saturated heterocycles. The van der Waals surface area contributed by atoms with Gasteiger partial charge in [0.2, 0.25) is 5.91 Å². The van der Waals surface area contributed by atoms with Crippen molar-refractivity contribution in [2.24, 2.45) is 0 Å². The van der Waals surface area contributed by atoms with Crippen molar-refractivity contribution in [1.29, 1.82) is 0 Å². The van der Waals surface area contributed by atoms with E-state index >= 15 is 0 Å². The Morgan fingerprint density at radius 3 is 1.20 bits per heavy atom. The molecule has 388 valence electrons. The number of unbranched alkanes of at least 4 members (excludes halogenated alkanes) is 35. The fourth-order valence-electron chi connectivity index (χ4n) is 9.03. The van der Waals surface area contributed by atoms with Crippen LogP contribution in [0.15, 0.2) is 36.5 Å². The van der Waals surface area contributed by atoms with Crippen molar-refractivity contribution >= 4 is 11.9 Å². The van der Waals surface area contributed by atoms with Crippen LogP contribution in [0.1, 0.15) is 310 Å². The number of nitrogens with one attached hydrogen (secondary N) is 1. The van der Waals surface area contributed by atoms with Crippen molar-refractivity contribution in [3.05, 3.63) is 36.5 Å². The van der Waals surface area contributed by atoms with Crippen LogP contribution in [0.5, 0.6) is 0 Å². The van der Waals surface area contributed by atoms with Crippen molar-refractivity contribution in [2.45, 2.75) is 328 Å². The second kappa shape index (κ2) is 54.0. The summed E-state index contributed by atoms with van der Waals surface area (Å²) in [6.45, 7) is 6.49.